The van der Waals surface area contributed by atoms with E-state index in [0.717, 1.165) is 4.90 Å². The fraction of sp³-hybridized carbons (Fsp3) is 0.812. The van der Waals surface area contributed by atoms with Crippen LogP contribution < -0.4 is 0 Å². The lowest BCUT2D eigenvalue weighted by Gasteiger charge is -2.28. The van der Waals surface area contributed by atoms with Crippen LogP contribution in [-0.2, 0) is 19.1 Å². The maximum atomic E-state index is 12.4. The summed E-state index contributed by atoms with van der Waals surface area (Å²) in [5.74, 6) is -1.74. The number of imide groups is 1. The Bertz CT molecular complexity index is 474. The molecule has 132 valence electrons. The quantitative estimate of drug-likeness (QED) is 0.795. The van der Waals surface area contributed by atoms with Crippen LogP contribution in [0.4, 0.5) is 4.79 Å². The fourth-order valence-electron chi connectivity index (χ4n) is 2.32. The van der Waals surface area contributed by atoms with Gasteiger partial charge in [-0.15, -0.1) is 0 Å². The van der Waals surface area contributed by atoms with Crippen molar-refractivity contribution in [1.29, 1.82) is 0 Å². The molecular formula is C16H27NO6. The molecule has 0 aromatic carbocycles. The Balaban J connectivity index is 3.01. The molecule has 23 heavy (non-hydrogen) atoms. The molecule has 1 saturated heterocycles. The molecule has 1 fully saturated rings. The maximum Gasteiger partial charge on any atom is 0.417 e. The van der Waals surface area contributed by atoms with Gasteiger partial charge in [0.1, 0.15) is 17.2 Å². The molecule has 0 spiro atoms. The Morgan fingerprint density at radius 1 is 1.13 bits per heavy atom. The SMILES string of the molecule is CC(C)(C)OC(=O)[C@@H]1C[C@H](CCO)C(=O)N1C(=O)OC(C)(C)C. The first-order valence-electron chi connectivity index (χ1n) is 7.75. The molecule has 0 radical (unpaired) electrons. The average molecular weight is 329 g/mol. The van der Waals surface area contributed by atoms with Crippen molar-refractivity contribution in [1.82, 2.24) is 4.90 Å². The first-order valence-corrected chi connectivity index (χ1v) is 7.75. The molecule has 1 rings (SSSR count). The van der Waals surface area contributed by atoms with Gasteiger partial charge in [0.25, 0.3) is 0 Å². The number of esters is 1. The molecule has 1 heterocycles. The van der Waals surface area contributed by atoms with E-state index in [1.54, 1.807) is 41.5 Å². The van der Waals surface area contributed by atoms with E-state index in [-0.39, 0.29) is 19.4 Å². The third-order valence-electron chi connectivity index (χ3n) is 3.15. The fourth-order valence-corrected chi connectivity index (χ4v) is 2.32. The van der Waals surface area contributed by atoms with Gasteiger partial charge in [0, 0.05) is 12.5 Å². The van der Waals surface area contributed by atoms with Crippen molar-refractivity contribution in [3.05, 3.63) is 0 Å². The van der Waals surface area contributed by atoms with E-state index in [1.807, 2.05) is 0 Å². The van der Waals surface area contributed by atoms with Crippen molar-refractivity contribution in [3.63, 3.8) is 0 Å². The van der Waals surface area contributed by atoms with E-state index in [0.29, 0.717) is 0 Å². The molecular weight excluding hydrogens is 302 g/mol. The van der Waals surface area contributed by atoms with E-state index >= 15 is 0 Å². The molecule has 0 unspecified atom stereocenters. The molecule has 2 atom stereocenters. The number of hydrogen-bond donors (Lipinski definition) is 1. The first-order chi connectivity index (χ1) is 10.4. The van der Waals surface area contributed by atoms with Crippen molar-refractivity contribution in [2.75, 3.05) is 6.61 Å². The number of ether oxygens (including phenoxy) is 2. The van der Waals surface area contributed by atoms with Gasteiger partial charge in [-0.3, -0.25) is 4.79 Å². The Hall–Kier alpha value is -1.63. The van der Waals surface area contributed by atoms with Gasteiger partial charge in [-0.1, -0.05) is 0 Å². The summed E-state index contributed by atoms with van der Waals surface area (Å²) in [6.45, 7) is 9.98. The van der Waals surface area contributed by atoms with Crippen LogP contribution in [0.2, 0.25) is 0 Å². The van der Waals surface area contributed by atoms with Crippen LogP contribution in [0.1, 0.15) is 54.4 Å². The highest BCUT2D eigenvalue weighted by Gasteiger charge is 2.49. The number of carbonyl (C=O) groups excluding carboxylic acids is 3. The minimum absolute atomic E-state index is 0.132. The normalized spacial score (nSPS) is 22.2. The summed E-state index contributed by atoms with van der Waals surface area (Å²) in [4.78, 5) is 37.9. The second-order valence-electron chi connectivity index (χ2n) is 7.68. The average Bonchev–Trinajstić information content (AvgIpc) is 2.63. The number of nitrogens with zero attached hydrogens (tertiary/aromatic N) is 1. The van der Waals surface area contributed by atoms with Gasteiger partial charge in [0.15, 0.2) is 0 Å². The highest BCUT2D eigenvalue weighted by atomic mass is 16.6. The van der Waals surface area contributed by atoms with Crippen LogP contribution in [0.5, 0.6) is 0 Å². The van der Waals surface area contributed by atoms with Crippen LogP contribution >= 0.6 is 0 Å². The molecule has 2 amide bonds. The Labute approximate surface area is 136 Å². The zero-order valence-electron chi connectivity index (χ0n) is 14.7. The second-order valence-corrected chi connectivity index (χ2v) is 7.68. The number of carbonyl (C=O) groups is 3. The summed E-state index contributed by atoms with van der Waals surface area (Å²) >= 11 is 0. The summed E-state index contributed by atoms with van der Waals surface area (Å²) in [5, 5.41) is 9.06. The smallest absolute Gasteiger partial charge is 0.417 e. The predicted molar refractivity (Wildman–Crippen MR) is 82.5 cm³/mol. The largest absolute Gasteiger partial charge is 0.458 e. The number of rotatable bonds is 3. The maximum absolute atomic E-state index is 12.4. The lowest BCUT2D eigenvalue weighted by Crippen LogP contribution is -2.47. The number of aliphatic hydroxyl groups is 1. The molecule has 0 aromatic rings. The topological polar surface area (TPSA) is 93.1 Å². The predicted octanol–water partition coefficient (Wildman–Crippen LogP) is 1.86. The molecule has 0 saturated carbocycles. The van der Waals surface area contributed by atoms with Gasteiger partial charge in [0.2, 0.25) is 5.91 Å². The van der Waals surface area contributed by atoms with Crippen molar-refractivity contribution in [2.24, 2.45) is 5.92 Å². The molecule has 7 nitrogen and oxygen atoms in total. The van der Waals surface area contributed by atoms with Crippen LogP contribution in [0.25, 0.3) is 0 Å². The van der Waals surface area contributed by atoms with Crippen molar-refractivity contribution in [2.45, 2.75) is 71.6 Å². The summed E-state index contributed by atoms with van der Waals surface area (Å²) in [6, 6.07) is -1.02. The van der Waals surface area contributed by atoms with E-state index in [1.165, 1.54) is 0 Å². The van der Waals surface area contributed by atoms with Crippen molar-refractivity contribution in [3.8, 4) is 0 Å². The van der Waals surface area contributed by atoms with Gasteiger partial charge in [-0.25, -0.2) is 14.5 Å². The number of likely N-dealkylation sites (tertiary alicyclic amines) is 1. The third-order valence-corrected chi connectivity index (χ3v) is 3.15. The third kappa shape index (κ3) is 5.49. The van der Waals surface area contributed by atoms with Crippen LogP contribution in [0.15, 0.2) is 0 Å². The highest BCUT2D eigenvalue weighted by molar-refractivity contribution is 6.00. The molecule has 1 aliphatic heterocycles. The summed E-state index contributed by atoms with van der Waals surface area (Å²) in [5.41, 5.74) is -1.51. The summed E-state index contributed by atoms with van der Waals surface area (Å²) in [7, 11) is 0. The molecule has 1 N–H and O–H groups in total. The van der Waals surface area contributed by atoms with Gasteiger partial charge in [-0.2, -0.15) is 0 Å². The Morgan fingerprint density at radius 2 is 1.65 bits per heavy atom. The Morgan fingerprint density at radius 3 is 2.09 bits per heavy atom. The molecule has 0 aliphatic carbocycles. The molecule has 7 heteroatoms. The second kappa shape index (κ2) is 6.86. The monoisotopic (exact) mass is 329 g/mol. The van der Waals surface area contributed by atoms with Gasteiger partial charge in [-0.05, 0) is 54.4 Å². The lowest BCUT2D eigenvalue weighted by molar-refractivity contribution is -0.161. The van der Waals surface area contributed by atoms with E-state index in [4.69, 9.17) is 14.6 Å². The first kappa shape index (κ1) is 19.4. The Kier molecular flexibility index (Phi) is 5.79. The summed E-state index contributed by atoms with van der Waals surface area (Å²) in [6.07, 6.45) is -0.538. The summed E-state index contributed by atoms with van der Waals surface area (Å²) < 4.78 is 10.5. The molecule has 0 aromatic heterocycles. The van der Waals surface area contributed by atoms with Crippen molar-refractivity contribution < 1.29 is 29.0 Å². The molecule has 1 aliphatic rings. The zero-order chi connectivity index (χ0) is 18.0. The van der Waals surface area contributed by atoms with Gasteiger partial charge < -0.3 is 14.6 Å². The van der Waals surface area contributed by atoms with Crippen molar-refractivity contribution >= 4 is 18.0 Å². The highest BCUT2D eigenvalue weighted by Crippen LogP contribution is 2.30. The van der Waals surface area contributed by atoms with Crippen LogP contribution in [-0.4, -0.2) is 51.8 Å². The van der Waals surface area contributed by atoms with E-state index < -0.39 is 41.1 Å². The number of hydrogen-bond acceptors (Lipinski definition) is 6. The lowest BCUT2D eigenvalue weighted by atomic mass is 10.0. The van der Waals surface area contributed by atoms with E-state index in [9.17, 15) is 14.4 Å². The van der Waals surface area contributed by atoms with Crippen LogP contribution in [0, 0.1) is 5.92 Å². The minimum Gasteiger partial charge on any atom is -0.458 e. The van der Waals surface area contributed by atoms with E-state index in [2.05, 4.69) is 0 Å². The number of aliphatic hydroxyl groups excluding tert-OH is 1. The van der Waals surface area contributed by atoms with Crippen LogP contribution in [0.3, 0.4) is 0 Å². The van der Waals surface area contributed by atoms with Gasteiger partial charge >= 0.3 is 12.1 Å². The number of amides is 2. The minimum atomic E-state index is -1.02. The standard InChI is InChI=1S/C16H27NO6/c1-15(2,3)22-13(20)11-9-10(7-8-18)12(19)17(11)14(21)23-16(4,5)6/h10-11,18H,7-9H2,1-6H3/t10-,11-/m0/s1. The zero-order valence-corrected chi connectivity index (χ0v) is 14.7. The van der Waals surface area contributed by atoms with Gasteiger partial charge in [0.05, 0.1) is 0 Å². The molecule has 0 bridgehead atoms.